The summed E-state index contributed by atoms with van der Waals surface area (Å²) in [5.74, 6) is -1.74. The first kappa shape index (κ1) is 67.5. The van der Waals surface area contributed by atoms with E-state index >= 15 is 4.79 Å². The minimum absolute atomic E-state index is 0.0116. The summed E-state index contributed by atoms with van der Waals surface area (Å²) in [4.78, 5) is 123. The molecular weight excluding hydrogens is 1170 g/mol. The van der Waals surface area contributed by atoms with Crippen LogP contribution in [-0.4, -0.2) is 130 Å². The van der Waals surface area contributed by atoms with Gasteiger partial charge in [0.15, 0.2) is 0 Å². The molecular formula is C70H91N11O9S. The first-order valence-corrected chi connectivity index (χ1v) is 32.9. The highest BCUT2D eigenvalue weighted by Gasteiger charge is 2.48. The molecule has 486 valence electrons. The third-order valence-electron chi connectivity index (χ3n) is 18.3. The molecule has 8 N–H and O–H groups in total. The van der Waals surface area contributed by atoms with Gasteiger partial charge in [0.05, 0.1) is 36.1 Å². The summed E-state index contributed by atoms with van der Waals surface area (Å²) < 4.78 is 5.18. The summed E-state index contributed by atoms with van der Waals surface area (Å²) in [5, 5.41) is 24.5. The first-order valence-electron chi connectivity index (χ1n) is 31.9. The number of hydrogen-bond acceptors (Lipinski definition) is 13. The summed E-state index contributed by atoms with van der Waals surface area (Å²) in [5.41, 5.74) is 5.87. The minimum Gasteiger partial charge on any atom is -0.444 e. The number of nitrogens with one attached hydrogen (secondary N) is 8. The van der Waals surface area contributed by atoms with Gasteiger partial charge in [-0.2, -0.15) is 0 Å². The van der Waals surface area contributed by atoms with Crippen molar-refractivity contribution in [2.45, 2.75) is 197 Å². The number of carbonyl (C=O) groups excluding carboxylic acids is 8. The highest BCUT2D eigenvalue weighted by molar-refractivity contribution is 7.99. The van der Waals surface area contributed by atoms with Crippen molar-refractivity contribution in [1.29, 1.82) is 0 Å². The molecule has 9 atom stereocenters. The summed E-state index contributed by atoms with van der Waals surface area (Å²) >= 11 is 1.41. The number of aryl methyl sites for hydroxylation is 2. The van der Waals surface area contributed by atoms with Crippen LogP contribution >= 0.6 is 11.8 Å². The van der Waals surface area contributed by atoms with Crippen LogP contribution in [0, 0.1) is 5.41 Å². The van der Waals surface area contributed by atoms with E-state index in [2.05, 4.69) is 59.7 Å². The number of oxazole rings is 1. The molecule has 2 aliphatic carbocycles. The minimum atomic E-state index is -1.12. The highest BCUT2D eigenvalue weighted by atomic mass is 32.2. The molecule has 0 spiro atoms. The lowest BCUT2D eigenvalue weighted by Crippen LogP contribution is -2.63. The molecule has 3 heterocycles. The topological polar surface area (TPSA) is 265 Å². The Bertz CT molecular complexity index is 3520. The summed E-state index contributed by atoms with van der Waals surface area (Å²) in [6.45, 7) is 18.8. The maximum atomic E-state index is 15.6. The smallest absolute Gasteiger partial charge is 0.255 e. The second kappa shape index (κ2) is 28.3. The fourth-order valence-corrected chi connectivity index (χ4v) is 13.5. The number of nitrogens with zero attached hydrogens (tertiary/aromatic N) is 3. The molecule has 0 unspecified atom stereocenters. The van der Waals surface area contributed by atoms with Gasteiger partial charge in [0, 0.05) is 52.5 Å². The Morgan fingerprint density at radius 2 is 1.16 bits per heavy atom. The lowest BCUT2D eigenvalue weighted by Gasteiger charge is -2.42. The van der Waals surface area contributed by atoms with Crippen LogP contribution in [0.2, 0.25) is 0 Å². The zero-order valence-electron chi connectivity index (χ0n) is 54.6. The third-order valence-corrected chi connectivity index (χ3v) is 19.7. The lowest BCUT2D eigenvalue weighted by atomic mass is 9.85. The van der Waals surface area contributed by atoms with Gasteiger partial charge < -0.3 is 56.8 Å². The van der Waals surface area contributed by atoms with Crippen molar-refractivity contribution in [3.8, 4) is 0 Å². The van der Waals surface area contributed by atoms with Crippen LogP contribution in [0.5, 0.6) is 0 Å². The number of aromatic nitrogens is 1. The van der Waals surface area contributed by atoms with Crippen LogP contribution in [0.15, 0.2) is 102 Å². The largest absolute Gasteiger partial charge is 0.444 e. The van der Waals surface area contributed by atoms with Crippen LogP contribution in [0.1, 0.15) is 179 Å². The molecule has 21 heteroatoms. The van der Waals surface area contributed by atoms with Crippen molar-refractivity contribution >= 4 is 64.7 Å². The van der Waals surface area contributed by atoms with Crippen LogP contribution in [-0.2, 0) is 65.7 Å². The zero-order valence-corrected chi connectivity index (χ0v) is 55.5. The Morgan fingerprint density at radius 3 is 1.71 bits per heavy atom. The molecule has 0 saturated carbocycles. The van der Waals surface area contributed by atoms with Gasteiger partial charge in [0.25, 0.3) is 11.8 Å². The number of thioether (sulfide) groups is 1. The van der Waals surface area contributed by atoms with Gasteiger partial charge in [-0.15, -0.1) is 11.8 Å². The summed E-state index contributed by atoms with van der Waals surface area (Å²) in [6, 6.07) is 21.3. The second-order valence-electron chi connectivity index (χ2n) is 27.4. The highest BCUT2D eigenvalue weighted by Crippen LogP contribution is 2.38. The van der Waals surface area contributed by atoms with Crippen molar-refractivity contribution < 1.29 is 42.8 Å². The standard InChI is InChI=1S/C70H91N11O9S/c1-40(71-11)60(82)78-58(69(6,7)8)66(88)81-38-49(35-55(81)65(87)77-53-26-18-22-43-20-14-16-24-51(43)53)75-63(85)45-29-27-44(28-30-45)62(84)74-48-32-31-46-34-54(64(86)76-52-25-17-21-42-19-13-15-23-50(42)52)80(37-47(46)33-48)67(89)59(79-61(83)41(2)72-12)70(9,10)91-39-57-73-36-56(90-57)68(3,4)5/h13-16,19-20,23-24,27-33,36,40-41,49,52-55,58-59,71-72H,17-18,21-22,25-26,34-35,37-39H2,1-12H3,(H,74,84)(H,75,85)(H,76,86)(H,77,87)(H,78,82)(H,79,83)/t40-,41-,49-,52+,53+,54-,55-,58+,59+/m0/s1. The van der Waals surface area contributed by atoms with Gasteiger partial charge in [-0.1, -0.05) is 96.1 Å². The van der Waals surface area contributed by atoms with Gasteiger partial charge in [0.1, 0.15) is 29.9 Å². The van der Waals surface area contributed by atoms with Crippen molar-refractivity contribution in [1.82, 2.24) is 52.0 Å². The predicted octanol–water partition coefficient (Wildman–Crippen LogP) is 7.51. The van der Waals surface area contributed by atoms with Crippen LogP contribution in [0.4, 0.5) is 5.69 Å². The van der Waals surface area contributed by atoms with Crippen molar-refractivity contribution in [3.63, 3.8) is 0 Å². The molecule has 1 saturated heterocycles. The van der Waals surface area contributed by atoms with E-state index < -0.39 is 82.0 Å². The number of likely N-dealkylation sites (N-methyl/N-ethyl adjacent to an activating group) is 2. The monoisotopic (exact) mass is 1260 g/mol. The number of carbonyl (C=O) groups is 8. The number of amides is 8. The van der Waals surface area contributed by atoms with E-state index in [4.69, 9.17) is 4.42 Å². The molecule has 0 bridgehead atoms. The lowest BCUT2D eigenvalue weighted by molar-refractivity contribution is -0.145. The number of anilines is 1. The van der Waals surface area contributed by atoms with Gasteiger partial charge in [0.2, 0.25) is 41.3 Å². The van der Waals surface area contributed by atoms with Gasteiger partial charge in [-0.25, -0.2) is 4.98 Å². The SMILES string of the molecule is CN[C@@H](C)C(=O)N[C@H](C(=O)N1C[C@@H](NC(=O)c2ccc(C(=O)Nc3ccc4c(c3)CN(C(=O)[C@@H](NC(=O)[C@H](C)NC)C(C)(C)SCc3ncc(C(C)(C)C)o3)[C@H](C(=O)N[C@@H]3CCCc5ccccc53)C4)cc2)C[C@H]1C(=O)N[C@@H]1CCCc2ccccc21)C(C)(C)C. The Kier molecular flexibility index (Phi) is 21.0. The van der Waals surface area contributed by atoms with E-state index in [1.165, 1.54) is 52.1 Å². The quantitative estimate of drug-likeness (QED) is 0.0376. The Labute approximate surface area is 539 Å². The summed E-state index contributed by atoms with van der Waals surface area (Å²) in [7, 11) is 3.33. The van der Waals surface area contributed by atoms with Crippen molar-refractivity contribution in [2.24, 2.45) is 5.41 Å². The molecule has 4 aliphatic rings. The molecule has 0 radical (unpaired) electrons. The van der Waals surface area contributed by atoms with E-state index in [9.17, 15) is 33.6 Å². The number of likely N-dealkylation sites (tertiary alicyclic amines) is 1. The maximum absolute atomic E-state index is 15.6. The van der Waals surface area contributed by atoms with E-state index in [0.29, 0.717) is 22.9 Å². The van der Waals surface area contributed by atoms with Gasteiger partial charge >= 0.3 is 0 Å². The predicted molar refractivity (Wildman–Crippen MR) is 352 cm³/mol. The second-order valence-corrected chi connectivity index (χ2v) is 29.1. The zero-order chi connectivity index (χ0) is 65.7. The Hall–Kier alpha value is -7.88. The normalized spacial score (nSPS) is 20.3. The molecule has 2 aliphatic heterocycles. The third kappa shape index (κ3) is 15.9. The number of rotatable bonds is 20. The van der Waals surface area contributed by atoms with Crippen LogP contribution in [0.3, 0.4) is 0 Å². The van der Waals surface area contributed by atoms with E-state index in [1.807, 2.05) is 97.9 Å². The molecule has 4 aromatic carbocycles. The fraction of sp³-hybridized carbons (Fsp3) is 0.500. The molecule has 8 amide bonds. The number of fused-ring (bicyclic) bond motifs is 3. The molecule has 1 aromatic heterocycles. The number of hydrogen-bond donors (Lipinski definition) is 8. The van der Waals surface area contributed by atoms with E-state index in [0.717, 1.165) is 61.0 Å². The maximum Gasteiger partial charge on any atom is 0.255 e. The van der Waals surface area contributed by atoms with E-state index in [-0.39, 0.29) is 72.3 Å². The van der Waals surface area contributed by atoms with Crippen LogP contribution < -0.4 is 42.5 Å². The molecule has 91 heavy (non-hydrogen) atoms. The molecule has 9 rings (SSSR count). The Morgan fingerprint density at radius 1 is 0.626 bits per heavy atom. The molecule has 5 aromatic rings. The Balaban J connectivity index is 0.923. The van der Waals surface area contributed by atoms with Crippen LogP contribution in [0.25, 0.3) is 0 Å². The fourth-order valence-electron chi connectivity index (χ4n) is 12.5. The number of benzene rings is 4. The van der Waals surface area contributed by atoms with Crippen molar-refractivity contribution in [2.75, 3.05) is 26.0 Å². The summed E-state index contributed by atoms with van der Waals surface area (Å²) in [6.07, 6.45) is 7.06. The average molecular weight is 1260 g/mol. The van der Waals surface area contributed by atoms with Gasteiger partial charge in [-0.05, 0) is 162 Å². The van der Waals surface area contributed by atoms with E-state index in [1.54, 1.807) is 51.2 Å². The molecule has 1 fully saturated rings. The first-order chi connectivity index (χ1) is 43.1. The van der Waals surface area contributed by atoms with Crippen molar-refractivity contribution in [3.05, 3.63) is 153 Å². The average Bonchev–Trinajstić information content (AvgIpc) is 1.39. The molecule has 20 nitrogen and oxygen atoms in total. The van der Waals surface area contributed by atoms with Gasteiger partial charge in [-0.3, -0.25) is 38.4 Å².